The third kappa shape index (κ3) is 5.68. The molecule has 2 N–H and O–H groups in total. The molecule has 3 rings (SSSR count). The van der Waals surface area contributed by atoms with E-state index >= 15 is 0 Å². The van der Waals surface area contributed by atoms with Crippen molar-refractivity contribution < 1.29 is 14.0 Å². The van der Waals surface area contributed by atoms with Gasteiger partial charge in [-0.25, -0.2) is 4.39 Å². The Morgan fingerprint density at radius 2 is 1.59 bits per heavy atom. The first-order valence-corrected chi connectivity index (χ1v) is 10.1. The van der Waals surface area contributed by atoms with Gasteiger partial charge in [0.05, 0.1) is 17.0 Å². The molecule has 0 aromatic heterocycles. The van der Waals surface area contributed by atoms with Crippen LogP contribution >= 0.6 is 11.8 Å². The molecule has 0 spiro atoms. The van der Waals surface area contributed by atoms with Crippen molar-refractivity contribution in [2.24, 2.45) is 0 Å². The van der Waals surface area contributed by atoms with E-state index < -0.39 is 11.7 Å². The van der Waals surface area contributed by atoms with Crippen LogP contribution in [-0.2, 0) is 4.79 Å². The number of aryl methyl sites for hydroxylation is 2. The van der Waals surface area contributed by atoms with Gasteiger partial charge in [0.15, 0.2) is 0 Å². The average Bonchev–Trinajstić information content (AvgIpc) is 2.71. The molecule has 6 heteroatoms. The van der Waals surface area contributed by atoms with Crippen LogP contribution in [0.5, 0.6) is 0 Å². The highest BCUT2D eigenvalue weighted by atomic mass is 32.2. The summed E-state index contributed by atoms with van der Waals surface area (Å²) in [7, 11) is 0. The first kappa shape index (κ1) is 20.6. The van der Waals surface area contributed by atoms with Gasteiger partial charge in [0.25, 0.3) is 5.91 Å². The zero-order chi connectivity index (χ0) is 20.8. The molecule has 29 heavy (non-hydrogen) atoms. The number of hydrogen-bond donors (Lipinski definition) is 2. The molecule has 0 saturated heterocycles. The minimum absolute atomic E-state index is 0.131. The molecule has 0 radical (unpaired) electrons. The highest BCUT2D eigenvalue weighted by molar-refractivity contribution is 8.00. The van der Waals surface area contributed by atoms with Crippen LogP contribution in [0.25, 0.3) is 0 Å². The fourth-order valence-corrected chi connectivity index (χ4v) is 3.53. The largest absolute Gasteiger partial charge is 0.325 e. The summed E-state index contributed by atoms with van der Waals surface area (Å²) in [6, 6.07) is 19.0. The molecule has 0 fully saturated rings. The normalized spacial score (nSPS) is 10.4. The van der Waals surface area contributed by atoms with E-state index in [1.165, 1.54) is 17.8 Å². The zero-order valence-electron chi connectivity index (χ0n) is 16.2. The van der Waals surface area contributed by atoms with E-state index in [0.29, 0.717) is 10.5 Å². The molecule has 148 valence electrons. The number of thioether (sulfide) groups is 1. The second kappa shape index (κ2) is 9.39. The fraction of sp³-hybridized carbons (Fsp3) is 0.130. The van der Waals surface area contributed by atoms with Gasteiger partial charge in [-0.15, -0.1) is 11.8 Å². The van der Waals surface area contributed by atoms with E-state index in [4.69, 9.17) is 0 Å². The number of carbonyl (C=O) groups is 2. The quantitative estimate of drug-likeness (QED) is 0.535. The molecule has 0 saturated carbocycles. The number of carbonyl (C=O) groups excluding carboxylic acids is 2. The van der Waals surface area contributed by atoms with Gasteiger partial charge in [0.1, 0.15) is 5.82 Å². The molecule has 3 aromatic rings. The van der Waals surface area contributed by atoms with Crippen molar-refractivity contribution in [1.82, 2.24) is 0 Å². The van der Waals surface area contributed by atoms with Crippen LogP contribution in [0.1, 0.15) is 21.5 Å². The highest BCUT2D eigenvalue weighted by Crippen LogP contribution is 2.25. The Bertz CT molecular complexity index is 1040. The van der Waals surface area contributed by atoms with Crippen molar-refractivity contribution in [1.29, 1.82) is 0 Å². The number of halogens is 1. The Balaban J connectivity index is 1.66. The topological polar surface area (TPSA) is 58.2 Å². The van der Waals surface area contributed by atoms with Crippen LogP contribution in [0.15, 0.2) is 71.6 Å². The Kier molecular flexibility index (Phi) is 6.67. The molecule has 3 aromatic carbocycles. The summed E-state index contributed by atoms with van der Waals surface area (Å²) >= 11 is 1.26. The lowest BCUT2D eigenvalue weighted by atomic mass is 10.2. The van der Waals surface area contributed by atoms with Crippen LogP contribution in [-0.4, -0.2) is 17.6 Å². The first-order chi connectivity index (χ1) is 13.9. The third-order valence-electron chi connectivity index (χ3n) is 4.20. The highest BCUT2D eigenvalue weighted by Gasteiger charge is 2.15. The van der Waals surface area contributed by atoms with Gasteiger partial charge < -0.3 is 10.6 Å². The second-order valence-electron chi connectivity index (χ2n) is 6.64. The van der Waals surface area contributed by atoms with Crippen molar-refractivity contribution in [2.75, 3.05) is 16.4 Å². The molecule has 0 aliphatic rings. The van der Waals surface area contributed by atoms with Gasteiger partial charge in [-0.2, -0.15) is 0 Å². The summed E-state index contributed by atoms with van der Waals surface area (Å²) < 4.78 is 14.0. The first-order valence-electron chi connectivity index (χ1n) is 9.08. The maximum Gasteiger partial charge on any atom is 0.256 e. The standard InChI is InChI=1S/C23H21FN2O2S/c1-15-7-10-17(11-8-15)25-22(27)14-29-21-6-4-3-5-18(21)23(28)26-20-13-16(2)9-12-19(20)24/h3-13H,14H2,1-2H3,(H,25,27)(H,26,28). The lowest BCUT2D eigenvalue weighted by Gasteiger charge is -2.11. The Labute approximate surface area is 173 Å². The van der Waals surface area contributed by atoms with Crippen molar-refractivity contribution in [2.45, 2.75) is 18.7 Å². The van der Waals surface area contributed by atoms with E-state index in [-0.39, 0.29) is 17.3 Å². The molecule has 0 unspecified atom stereocenters. The van der Waals surface area contributed by atoms with Crippen molar-refractivity contribution in [3.05, 3.63) is 89.2 Å². The number of benzene rings is 3. The van der Waals surface area contributed by atoms with Crippen LogP contribution in [0.2, 0.25) is 0 Å². The van der Waals surface area contributed by atoms with E-state index in [1.807, 2.05) is 38.1 Å². The summed E-state index contributed by atoms with van der Waals surface area (Å²) in [5.74, 6) is -0.932. The number of anilines is 2. The zero-order valence-corrected chi connectivity index (χ0v) is 17.0. The van der Waals surface area contributed by atoms with E-state index in [2.05, 4.69) is 10.6 Å². The number of amides is 2. The molecule has 2 amide bonds. The van der Waals surface area contributed by atoms with Crippen LogP contribution in [0.3, 0.4) is 0 Å². The maximum absolute atomic E-state index is 14.0. The molecular weight excluding hydrogens is 387 g/mol. The predicted molar refractivity (Wildman–Crippen MR) is 116 cm³/mol. The fourth-order valence-electron chi connectivity index (χ4n) is 2.68. The molecule has 0 aliphatic heterocycles. The molecule has 0 heterocycles. The minimum Gasteiger partial charge on any atom is -0.325 e. The summed E-state index contributed by atoms with van der Waals surface area (Å²) in [6.45, 7) is 3.80. The molecular formula is C23H21FN2O2S. The van der Waals surface area contributed by atoms with Gasteiger partial charge >= 0.3 is 0 Å². The van der Waals surface area contributed by atoms with Gasteiger partial charge in [-0.05, 0) is 55.8 Å². The molecule has 0 atom stereocenters. The third-order valence-corrected chi connectivity index (χ3v) is 5.27. The monoisotopic (exact) mass is 408 g/mol. The SMILES string of the molecule is Cc1ccc(NC(=O)CSc2ccccc2C(=O)Nc2cc(C)ccc2F)cc1. The summed E-state index contributed by atoms with van der Waals surface area (Å²) in [5.41, 5.74) is 3.20. The van der Waals surface area contributed by atoms with E-state index in [9.17, 15) is 14.0 Å². The van der Waals surface area contributed by atoms with E-state index in [1.54, 1.807) is 36.4 Å². The number of hydrogen-bond acceptors (Lipinski definition) is 3. The second-order valence-corrected chi connectivity index (χ2v) is 7.65. The number of rotatable bonds is 6. The van der Waals surface area contributed by atoms with Gasteiger partial charge in [0.2, 0.25) is 5.91 Å². The van der Waals surface area contributed by atoms with Gasteiger partial charge in [0, 0.05) is 10.6 Å². The van der Waals surface area contributed by atoms with Gasteiger partial charge in [-0.3, -0.25) is 9.59 Å². The van der Waals surface area contributed by atoms with Crippen LogP contribution < -0.4 is 10.6 Å². The van der Waals surface area contributed by atoms with Crippen molar-refractivity contribution in [3.8, 4) is 0 Å². The number of nitrogens with one attached hydrogen (secondary N) is 2. The molecule has 0 bridgehead atoms. The summed E-state index contributed by atoms with van der Waals surface area (Å²) in [4.78, 5) is 25.6. The van der Waals surface area contributed by atoms with Gasteiger partial charge in [-0.1, -0.05) is 35.9 Å². The summed E-state index contributed by atoms with van der Waals surface area (Å²) in [5, 5.41) is 5.44. The van der Waals surface area contributed by atoms with Crippen LogP contribution in [0, 0.1) is 19.7 Å². The van der Waals surface area contributed by atoms with Crippen molar-refractivity contribution in [3.63, 3.8) is 0 Å². The lowest BCUT2D eigenvalue weighted by molar-refractivity contribution is -0.113. The molecule has 0 aliphatic carbocycles. The summed E-state index contributed by atoms with van der Waals surface area (Å²) in [6.07, 6.45) is 0. The minimum atomic E-state index is -0.494. The maximum atomic E-state index is 14.0. The Morgan fingerprint density at radius 3 is 2.34 bits per heavy atom. The smallest absolute Gasteiger partial charge is 0.256 e. The average molecular weight is 408 g/mol. The lowest BCUT2D eigenvalue weighted by Crippen LogP contribution is -2.16. The predicted octanol–water partition coefficient (Wildman–Crippen LogP) is 5.43. The Morgan fingerprint density at radius 1 is 0.897 bits per heavy atom. The van der Waals surface area contributed by atoms with E-state index in [0.717, 1.165) is 16.8 Å². The van der Waals surface area contributed by atoms with Crippen molar-refractivity contribution >= 4 is 35.0 Å². The van der Waals surface area contributed by atoms with Crippen LogP contribution in [0.4, 0.5) is 15.8 Å². The molecule has 4 nitrogen and oxygen atoms in total. The Hall–Kier alpha value is -3.12.